The fourth-order valence-corrected chi connectivity index (χ4v) is 2.30. The third-order valence-corrected chi connectivity index (χ3v) is 3.61. The first-order valence-electron chi connectivity index (χ1n) is 6.13. The number of benzene rings is 1. The molecule has 0 amide bonds. The summed E-state index contributed by atoms with van der Waals surface area (Å²) in [6, 6.07) is 8.22. The third kappa shape index (κ3) is 2.44. The molecular formula is C13H13BrN6. The molecule has 4 N–H and O–H groups in total. The summed E-state index contributed by atoms with van der Waals surface area (Å²) < 4.78 is 2.74. The van der Waals surface area contributed by atoms with Crippen LogP contribution in [0.5, 0.6) is 0 Å². The number of rotatable bonds is 3. The molecule has 0 aliphatic heterocycles. The lowest BCUT2D eigenvalue weighted by Gasteiger charge is -2.05. The minimum atomic E-state index is 0.319. The maximum atomic E-state index is 5.86. The molecule has 0 aliphatic carbocycles. The zero-order valence-corrected chi connectivity index (χ0v) is 12.2. The van der Waals surface area contributed by atoms with Crippen LogP contribution in [0.2, 0.25) is 0 Å². The largest absolute Gasteiger partial charge is 0.381 e. The zero-order valence-electron chi connectivity index (χ0n) is 10.6. The van der Waals surface area contributed by atoms with E-state index in [2.05, 4.69) is 43.2 Å². The van der Waals surface area contributed by atoms with Crippen LogP contribution in [0.15, 0.2) is 34.9 Å². The highest BCUT2D eigenvalue weighted by atomic mass is 79.9. The lowest BCUT2D eigenvalue weighted by atomic mass is 10.1. The summed E-state index contributed by atoms with van der Waals surface area (Å²) in [5, 5.41) is 7.67. The quantitative estimate of drug-likeness (QED) is 0.762. The molecule has 0 saturated heterocycles. The second-order valence-electron chi connectivity index (χ2n) is 4.50. The van der Waals surface area contributed by atoms with E-state index in [0.717, 1.165) is 23.0 Å². The summed E-state index contributed by atoms with van der Waals surface area (Å²) in [6.45, 7) is 0. The molecule has 0 fully saturated rings. The number of anilines is 2. The highest BCUT2D eigenvalue weighted by Gasteiger charge is 2.08. The second-order valence-corrected chi connectivity index (χ2v) is 5.41. The van der Waals surface area contributed by atoms with Gasteiger partial charge in [0.1, 0.15) is 0 Å². The van der Waals surface area contributed by atoms with Crippen LogP contribution in [0.25, 0.3) is 5.65 Å². The average molecular weight is 333 g/mol. The van der Waals surface area contributed by atoms with Crippen molar-refractivity contribution in [1.82, 2.24) is 19.6 Å². The van der Waals surface area contributed by atoms with Gasteiger partial charge in [-0.2, -0.15) is 0 Å². The molecule has 1 aromatic carbocycles. The summed E-state index contributed by atoms with van der Waals surface area (Å²) in [4.78, 5) is 4.34. The lowest BCUT2D eigenvalue weighted by molar-refractivity contribution is 0.896. The molecule has 20 heavy (non-hydrogen) atoms. The lowest BCUT2D eigenvalue weighted by Crippen LogP contribution is -2.04. The van der Waals surface area contributed by atoms with Crippen molar-refractivity contribution < 1.29 is 0 Å². The predicted molar refractivity (Wildman–Crippen MR) is 81.2 cm³/mol. The Bertz CT molecular complexity index is 749. The van der Waals surface area contributed by atoms with Gasteiger partial charge in [-0.25, -0.2) is 4.98 Å². The molecule has 2 aromatic heterocycles. The molecule has 7 heteroatoms. The van der Waals surface area contributed by atoms with E-state index in [4.69, 9.17) is 11.5 Å². The van der Waals surface area contributed by atoms with Crippen molar-refractivity contribution in [2.75, 3.05) is 11.5 Å². The van der Waals surface area contributed by atoms with Crippen LogP contribution in [0.4, 0.5) is 11.8 Å². The van der Waals surface area contributed by atoms with Crippen LogP contribution in [0.3, 0.4) is 0 Å². The smallest absolute Gasteiger partial charge is 0.226 e. The number of aryl methyl sites for hydroxylation is 2. The van der Waals surface area contributed by atoms with Gasteiger partial charge in [-0.15, -0.1) is 10.2 Å². The molecule has 3 rings (SSSR count). The Morgan fingerprint density at radius 3 is 2.55 bits per heavy atom. The Hall–Kier alpha value is -2.15. The fraction of sp³-hybridized carbons (Fsp3) is 0.154. The van der Waals surface area contributed by atoms with Gasteiger partial charge in [0.2, 0.25) is 11.6 Å². The number of aromatic nitrogens is 4. The summed E-state index contributed by atoms with van der Waals surface area (Å²) in [6.07, 6.45) is 3.49. The number of hydrogen-bond acceptors (Lipinski definition) is 5. The number of hydrogen-bond donors (Lipinski definition) is 2. The molecule has 0 radical (unpaired) electrons. The first kappa shape index (κ1) is 12.9. The number of nitrogens with two attached hydrogens (primary N) is 2. The van der Waals surface area contributed by atoms with E-state index in [9.17, 15) is 0 Å². The molecule has 102 valence electrons. The molecule has 2 heterocycles. The van der Waals surface area contributed by atoms with E-state index in [-0.39, 0.29) is 0 Å². The summed E-state index contributed by atoms with van der Waals surface area (Å²) >= 11 is 3.42. The van der Waals surface area contributed by atoms with Crippen molar-refractivity contribution in [2.45, 2.75) is 12.8 Å². The number of halogens is 1. The van der Waals surface area contributed by atoms with Crippen LogP contribution in [0.1, 0.15) is 11.3 Å². The highest BCUT2D eigenvalue weighted by Crippen LogP contribution is 2.15. The topological polar surface area (TPSA) is 95.1 Å². The van der Waals surface area contributed by atoms with E-state index in [1.165, 1.54) is 5.56 Å². The third-order valence-electron chi connectivity index (χ3n) is 3.08. The van der Waals surface area contributed by atoms with Crippen molar-refractivity contribution in [3.05, 3.63) is 46.2 Å². The van der Waals surface area contributed by atoms with Crippen molar-refractivity contribution in [1.29, 1.82) is 0 Å². The van der Waals surface area contributed by atoms with Crippen LogP contribution < -0.4 is 11.5 Å². The fourth-order valence-electron chi connectivity index (χ4n) is 2.03. The Morgan fingerprint density at radius 2 is 1.80 bits per heavy atom. The van der Waals surface area contributed by atoms with Crippen molar-refractivity contribution in [3.63, 3.8) is 0 Å². The Morgan fingerprint density at radius 1 is 1.05 bits per heavy atom. The molecule has 0 spiro atoms. The van der Waals surface area contributed by atoms with Crippen molar-refractivity contribution >= 4 is 33.3 Å². The average Bonchev–Trinajstić information content (AvgIpc) is 2.81. The van der Waals surface area contributed by atoms with Crippen molar-refractivity contribution in [2.24, 2.45) is 0 Å². The van der Waals surface area contributed by atoms with Crippen LogP contribution in [-0.4, -0.2) is 19.6 Å². The van der Waals surface area contributed by atoms with Gasteiger partial charge >= 0.3 is 0 Å². The molecule has 0 bridgehead atoms. The number of nitrogen functional groups attached to an aromatic ring is 2. The van der Waals surface area contributed by atoms with Crippen LogP contribution in [-0.2, 0) is 12.8 Å². The summed E-state index contributed by atoms with van der Waals surface area (Å²) in [5.41, 5.74) is 14.2. The minimum Gasteiger partial charge on any atom is -0.381 e. The Balaban J connectivity index is 1.83. The normalized spacial score (nSPS) is 11.1. The molecule has 6 nitrogen and oxygen atoms in total. The first-order valence-corrected chi connectivity index (χ1v) is 6.93. The summed E-state index contributed by atoms with van der Waals surface area (Å²) in [7, 11) is 0. The van der Waals surface area contributed by atoms with E-state index in [1.807, 2.05) is 18.3 Å². The molecule has 0 aliphatic rings. The van der Waals surface area contributed by atoms with Gasteiger partial charge in [-0.05, 0) is 30.5 Å². The number of nitrogens with zero attached hydrogens (tertiary/aromatic N) is 4. The molecule has 0 unspecified atom stereocenters. The highest BCUT2D eigenvalue weighted by molar-refractivity contribution is 9.10. The number of fused-ring (bicyclic) bond motifs is 1. The van der Waals surface area contributed by atoms with Crippen LogP contribution >= 0.6 is 15.9 Å². The van der Waals surface area contributed by atoms with Gasteiger partial charge in [0.05, 0.1) is 5.69 Å². The van der Waals surface area contributed by atoms with Gasteiger partial charge in [-0.3, -0.25) is 4.40 Å². The molecule has 3 aromatic rings. The molecular weight excluding hydrogens is 320 g/mol. The minimum absolute atomic E-state index is 0.319. The molecule has 0 atom stereocenters. The Labute approximate surface area is 124 Å². The van der Waals surface area contributed by atoms with Gasteiger partial charge in [-0.1, -0.05) is 28.1 Å². The standard InChI is InChI=1S/C13H13BrN6/c14-9-4-1-8(2-5-9)3-6-10-7-20-12(11(15)17-10)18-19-13(20)16/h1-2,4-5,7H,3,6H2,(H2,15,17)(H2,16,19). The summed E-state index contributed by atoms with van der Waals surface area (Å²) in [5.74, 6) is 0.668. The second kappa shape index (κ2) is 5.09. The van der Waals surface area contributed by atoms with Gasteiger partial charge in [0.25, 0.3) is 0 Å². The maximum absolute atomic E-state index is 5.86. The predicted octanol–water partition coefficient (Wildman–Crippen LogP) is 1.84. The Kier molecular flexibility index (Phi) is 3.27. The zero-order chi connectivity index (χ0) is 14.1. The van der Waals surface area contributed by atoms with Crippen LogP contribution in [0, 0.1) is 0 Å². The van der Waals surface area contributed by atoms with Crippen molar-refractivity contribution in [3.8, 4) is 0 Å². The first-order chi connectivity index (χ1) is 9.63. The monoisotopic (exact) mass is 332 g/mol. The maximum Gasteiger partial charge on any atom is 0.226 e. The molecule has 0 saturated carbocycles. The van der Waals surface area contributed by atoms with Gasteiger partial charge < -0.3 is 11.5 Å². The van der Waals surface area contributed by atoms with E-state index in [0.29, 0.717) is 17.4 Å². The van der Waals surface area contributed by atoms with Gasteiger partial charge in [0.15, 0.2) is 5.82 Å². The van der Waals surface area contributed by atoms with E-state index >= 15 is 0 Å². The van der Waals surface area contributed by atoms with Gasteiger partial charge in [0, 0.05) is 10.7 Å². The SMILES string of the molecule is Nc1nc(CCc2ccc(Br)cc2)cn2c(N)nnc12. The van der Waals surface area contributed by atoms with E-state index < -0.39 is 0 Å². The van der Waals surface area contributed by atoms with E-state index in [1.54, 1.807) is 4.40 Å².